The SMILES string of the molecule is COCCN(C)CCNC1CCC1. The Kier molecular flexibility index (Phi) is 5.35. The van der Waals surface area contributed by atoms with E-state index in [1.54, 1.807) is 7.11 Å². The van der Waals surface area contributed by atoms with Crippen molar-refractivity contribution in [1.82, 2.24) is 10.2 Å². The van der Waals surface area contributed by atoms with Crippen LogP contribution in [0.5, 0.6) is 0 Å². The molecule has 1 rings (SSSR count). The standard InChI is InChI=1S/C10H22N2O/c1-12(8-9-13-2)7-6-11-10-4-3-5-10/h10-11H,3-9H2,1-2H3. The first-order chi connectivity index (χ1) is 6.33. The molecule has 78 valence electrons. The highest BCUT2D eigenvalue weighted by molar-refractivity contribution is 4.76. The molecular weight excluding hydrogens is 164 g/mol. The Bertz CT molecular complexity index is 126. The fourth-order valence-corrected chi connectivity index (χ4v) is 1.43. The molecule has 0 aromatic carbocycles. The molecule has 0 unspecified atom stereocenters. The molecule has 0 radical (unpaired) electrons. The van der Waals surface area contributed by atoms with Crippen LogP contribution in [-0.2, 0) is 4.74 Å². The first kappa shape index (κ1) is 11.0. The van der Waals surface area contributed by atoms with E-state index in [1.165, 1.54) is 19.3 Å². The summed E-state index contributed by atoms with van der Waals surface area (Å²) in [6.07, 6.45) is 4.17. The van der Waals surface area contributed by atoms with Crippen LogP contribution in [0.15, 0.2) is 0 Å². The van der Waals surface area contributed by atoms with Crippen LogP contribution >= 0.6 is 0 Å². The van der Waals surface area contributed by atoms with Gasteiger partial charge in [-0.25, -0.2) is 0 Å². The summed E-state index contributed by atoms with van der Waals surface area (Å²) in [5, 5.41) is 3.54. The summed E-state index contributed by atoms with van der Waals surface area (Å²) in [7, 11) is 3.89. The molecule has 0 saturated heterocycles. The van der Waals surface area contributed by atoms with Gasteiger partial charge in [-0.15, -0.1) is 0 Å². The summed E-state index contributed by atoms with van der Waals surface area (Å²) in [6.45, 7) is 4.10. The second-order valence-corrected chi connectivity index (χ2v) is 3.88. The van der Waals surface area contributed by atoms with Gasteiger partial charge in [0.25, 0.3) is 0 Å². The number of nitrogens with one attached hydrogen (secondary N) is 1. The van der Waals surface area contributed by atoms with Gasteiger partial charge in [0, 0.05) is 32.8 Å². The van der Waals surface area contributed by atoms with Crippen LogP contribution in [0.1, 0.15) is 19.3 Å². The molecule has 3 nitrogen and oxygen atoms in total. The van der Waals surface area contributed by atoms with Crippen molar-refractivity contribution in [2.24, 2.45) is 0 Å². The van der Waals surface area contributed by atoms with Crippen LogP contribution in [0.4, 0.5) is 0 Å². The van der Waals surface area contributed by atoms with E-state index in [0.29, 0.717) is 0 Å². The lowest BCUT2D eigenvalue weighted by molar-refractivity contribution is 0.160. The third-order valence-corrected chi connectivity index (χ3v) is 2.71. The number of rotatable bonds is 7. The lowest BCUT2D eigenvalue weighted by Crippen LogP contribution is -2.40. The summed E-state index contributed by atoms with van der Waals surface area (Å²) < 4.78 is 5.01. The van der Waals surface area contributed by atoms with E-state index in [2.05, 4.69) is 17.3 Å². The normalized spacial score (nSPS) is 17.8. The molecule has 1 fully saturated rings. The highest BCUT2D eigenvalue weighted by atomic mass is 16.5. The van der Waals surface area contributed by atoms with Crippen molar-refractivity contribution in [3.63, 3.8) is 0 Å². The average Bonchev–Trinajstić information content (AvgIpc) is 2.06. The van der Waals surface area contributed by atoms with E-state index in [4.69, 9.17) is 4.74 Å². The van der Waals surface area contributed by atoms with E-state index >= 15 is 0 Å². The van der Waals surface area contributed by atoms with Gasteiger partial charge in [-0.05, 0) is 19.9 Å². The molecule has 0 aromatic heterocycles. The van der Waals surface area contributed by atoms with Crippen LogP contribution in [0.2, 0.25) is 0 Å². The quantitative estimate of drug-likeness (QED) is 0.633. The van der Waals surface area contributed by atoms with Gasteiger partial charge >= 0.3 is 0 Å². The predicted octanol–water partition coefficient (Wildman–Crippen LogP) is 0.707. The second-order valence-electron chi connectivity index (χ2n) is 3.88. The van der Waals surface area contributed by atoms with E-state index in [0.717, 1.165) is 32.3 Å². The van der Waals surface area contributed by atoms with Crippen molar-refractivity contribution in [3.05, 3.63) is 0 Å². The minimum atomic E-state index is 0.816. The molecule has 0 aromatic rings. The molecule has 3 heteroatoms. The van der Waals surface area contributed by atoms with Gasteiger partial charge in [0.15, 0.2) is 0 Å². The fourth-order valence-electron chi connectivity index (χ4n) is 1.43. The third kappa shape index (κ3) is 4.60. The fraction of sp³-hybridized carbons (Fsp3) is 1.00. The molecule has 1 N–H and O–H groups in total. The van der Waals surface area contributed by atoms with Crippen LogP contribution in [0.3, 0.4) is 0 Å². The summed E-state index contributed by atoms with van der Waals surface area (Å²) in [4.78, 5) is 2.30. The maximum atomic E-state index is 5.01. The minimum absolute atomic E-state index is 0.816. The lowest BCUT2D eigenvalue weighted by Gasteiger charge is -2.27. The van der Waals surface area contributed by atoms with Crippen LogP contribution in [0, 0.1) is 0 Å². The number of nitrogens with zero attached hydrogens (tertiary/aromatic N) is 1. The lowest BCUT2D eigenvalue weighted by atomic mass is 9.93. The topological polar surface area (TPSA) is 24.5 Å². The van der Waals surface area contributed by atoms with Gasteiger partial charge in [-0.1, -0.05) is 6.42 Å². The van der Waals surface area contributed by atoms with Gasteiger partial charge in [0.2, 0.25) is 0 Å². The van der Waals surface area contributed by atoms with E-state index < -0.39 is 0 Å². The molecule has 1 aliphatic rings. The largest absolute Gasteiger partial charge is 0.383 e. The van der Waals surface area contributed by atoms with E-state index in [-0.39, 0.29) is 0 Å². The van der Waals surface area contributed by atoms with Crippen molar-refractivity contribution in [3.8, 4) is 0 Å². The monoisotopic (exact) mass is 186 g/mol. The van der Waals surface area contributed by atoms with Crippen LogP contribution in [-0.4, -0.2) is 51.3 Å². The maximum absolute atomic E-state index is 5.01. The Morgan fingerprint density at radius 1 is 1.38 bits per heavy atom. The highest BCUT2D eigenvalue weighted by Crippen LogP contribution is 2.17. The average molecular weight is 186 g/mol. The molecule has 0 amide bonds. The van der Waals surface area contributed by atoms with Crippen LogP contribution < -0.4 is 5.32 Å². The van der Waals surface area contributed by atoms with Gasteiger partial charge in [0.1, 0.15) is 0 Å². The van der Waals surface area contributed by atoms with Crippen LogP contribution in [0.25, 0.3) is 0 Å². The second kappa shape index (κ2) is 6.35. The molecule has 0 heterocycles. The molecule has 0 spiro atoms. The van der Waals surface area contributed by atoms with Gasteiger partial charge < -0.3 is 15.0 Å². The van der Waals surface area contributed by atoms with E-state index in [9.17, 15) is 0 Å². The minimum Gasteiger partial charge on any atom is -0.383 e. The zero-order chi connectivity index (χ0) is 9.52. The van der Waals surface area contributed by atoms with Crippen molar-refractivity contribution < 1.29 is 4.74 Å². The van der Waals surface area contributed by atoms with E-state index in [1.807, 2.05) is 0 Å². The Hall–Kier alpha value is -0.120. The van der Waals surface area contributed by atoms with Crippen molar-refractivity contribution in [1.29, 1.82) is 0 Å². The maximum Gasteiger partial charge on any atom is 0.0589 e. The summed E-state index contributed by atoms with van der Waals surface area (Å²) >= 11 is 0. The smallest absolute Gasteiger partial charge is 0.0589 e. The van der Waals surface area contributed by atoms with Gasteiger partial charge in [-0.3, -0.25) is 0 Å². The molecule has 1 saturated carbocycles. The molecule has 0 bridgehead atoms. The van der Waals surface area contributed by atoms with Gasteiger partial charge in [0.05, 0.1) is 6.61 Å². The Labute approximate surface area is 81.4 Å². The molecule has 13 heavy (non-hydrogen) atoms. The summed E-state index contributed by atoms with van der Waals surface area (Å²) in [5.41, 5.74) is 0. The summed E-state index contributed by atoms with van der Waals surface area (Å²) in [6, 6.07) is 0.816. The summed E-state index contributed by atoms with van der Waals surface area (Å²) in [5.74, 6) is 0. The zero-order valence-electron chi connectivity index (χ0n) is 8.88. The first-order valence-electron chi connectivity index (χ1n) is 5.24. The van der Waals surface area contributed by atoms with Crippen molar-refractivity contribution >= 4 is 0 Å². The zero-order valence-corrected chi connectivity index (χ0v) is 8.88. The predicted molar refractivity (Wildman–Crippen MR) is 55.0 cm³/mol. The highest BCUT2D eigenvalue weighted by Gasteiger charge is 2.15. The first-order valence-corrected chi connectivity index (χ1v) is 5.24. The number of methoxy groups -OCH3 is 1. The molecule has 0 aliphatic heterocycles. The molecule has 0 atom stereocenters. The Morgan fingerprint density at radius 2 is 2.15 bits per heavy atom. The van der Waals surface area contributed by atoms with Gasteiger partial charge in [-0.2, -0.15) is 0 Å². The number of ether oxygens (including phenoxy) is 1. The van der Waals surface area contributed by atoms with Crippen molar-refractivity contribution in [2.75, 3.05) is 40.4 Å². The number of hydrogen-bond donors (Lipinski definition) is 1. The molecular formula is C10H22N2O. The Morgan fingerprint density at radius 3 is 2.69 bits per heavy atom. The number of likely N-dealkylation sites (N-methyl/N-ethyl adjacent to an activating group) is 1. The Balaban J connectivity index is 1.85. The number of hydrogen-bond acceptors (Lipinski definition) is 3. The third-order valence-electron chi connectivity index (χ3n) is 2.71. The molecule has 1 aliphatic carbocycles. The van der Waals surface area contributed by atoms with Crippen molar-refractivity contribution in [2.45, 2.75) is 25.3 Å².